The average molecular weight is 419 g/mol. The number of carbonyl (C=O) groups excluding carboxylic acids is 2. The smallest absolute Gasteiger partial charge is 0.407 e. The summed E-state index contributed by atoms with van der Waals surface area (Å²) in [7, 11) is 3.40. The van der Waals surface area contributed by atoms with Gasteiger partial charge in [-0.05, 0) is 45.7 Å². The van der Waals surface area contributed by atoms with E-state index in [1.165, 1.54) is 7.11 Å². The fraction of sp³-hybridized carbons (Fsp3) is 0.591. The van der Waals surface area contributed by atoms with Gasteiger partial charge in [0.25, 0.3) is 0 Å². The third-order valence-electron chi connectivity index (χ3n) is 4.60. The number of nitrogens with one attached hydrogen (secondary N) is 1. The summed E-state index contributed by atoms with van der Waals surface area (Å²) in [6.07, 6.45) is 5.85. The summed E-state index contributed by atoms with van der Waals surface area (Å²) >= 11 is 0. The number of rotatable bonds is 9. The molecule has 30 heavy (non-hydrogen) atoms. The Morgan fingerprint density at radius 2 is 1.90 bits per heavy atom. The minimum absolute atomic E-state index is 0.317. The van der Waals surface area contributed by atoms with E-state index in [2.05, 4.69) is 26.5 Å². The molecule has 1 aromatic heterocycles. The molecule has 2 heterocycles. The molecule has 0 saturated heterocycles. The first-order chi connectivity index (χ1) is 14.2. The van der Waals surface area contributed by atoms with Gasteiger partial charge >= 0.3 is 12.1 Å². The fourth-order valence-corrected chi connectivity index (χ4v) is 3.13. The Hall–Kier alpha value is -2.61. The molecule has 0 aliphatic carbocycles. The van der Waals surface area contributed by atoms with Gasteiger partial charge in [0, 0.05) is 38.5 Å². The number of hydrazine groups is 1. The summed E-state index contributed by atoms with van der Waals surface area (Å²) in [6, 6.07) is 5.39. The number of aromatic nitrogens is 1. The van der Waals surface area contributed by atoms with E-state index < -0.39 is 11.6 Å². The number of unbranched alkanes of at least 4 members (excludes halogenated alkanes) is 3. The average Bonchev–Trinajstić information content (AvgIpc) is 3.06. The van der Waals surface area contributed by atoms with E-state index in [1.807, 2.05) is 40.0 Å². The highest BCUT2D eigenvalue weighted by atomic mass is 16.6. The molecule has 8 nitrogen and oxygen atoms in total. The van der Waals surface area contributed by atoms with Crippen molar-refractivity contribution >= 4 is 17.6 Å². The van der Waals surface area contributed by atoms with E-state index in [0.29, 0.717) is 12.2 Å². The SMILES string of the molecule is COC(=O)c1cccc(C2=CN(CCCCCCNC(=O)OC(C)(C)C)N(C)C2)n1. The van der Waals surface area contributed by atoms with Gasteiger partial charge in [0.15, 0.2) is 0 Å². The minimum Gasteiger partial charge on any atom is -0.464 e. The van der Waals surface area contributed by atoms with Crippen LogP contribution in [-0.2, 0) is 9.47 Å². The van der Waals surface area contributed by atoms with Crippen LogP contribution in [0.15, 0.2) is 24.4 Å². The summed E-state index contributed by atoms with van der Waals surface area (Å²) in [4.78, 5) is 27.7. The number of hydrogen-bond acceptors (Lipinski definition) is 7. The second-order valence-corrected chi connectivity index (χ2v) is 8.38. The lowest BCUT2D eigenvalue weighted by Gasteiger charge is -2.24. The van der Waals surface area contributed by atoms with E-state index in [9.17, 15) is 9.59 Å². The van der Waals surface area contributed by atoms with E-state index >= 15 is 0 Å². The van der Waals surface area contributed by atoms with Gasteiger partial charge in [-0.3, -0.25) is 0 Å². The Bertz CT molecular complexity index is 758. The number of ether oxygens (including phenoxy) is 2. The molecule has 0 aromatic carbocycles. The van der Waals surface area contributed by atoms with Crippen LogP contribution >= 0.6 is 0 Å². The lowest BCUT2D eigenvalue weighted by molar-refractivity contribution is 0.0525. The zero-order valence-corrected chi connectivity index (χ0v) is 18.7. The van der Waals surface area contributed by atoms with Crippen LogP contribution in [0, 0.1) is 0 Å². The molecule has 1 aliphatic rings. The van der Waals surface area contributed by atoms with Crippen LogP contribution in [0.2, 0.25) is 0 Å². The van der Waals surface area contributed by atoms with Crippen LogP contribution < -0.4 is 5.32 Å². The molecule has 1 amide bonds. The maximum Gasteiger partial charge on any atom is 0.407 e. The first kappa shape index (κ1) is 23.7. The molecule has 8 heteroatoms. The molecule has 1 N–H and O–H groups in total. The predicted molar refractivity (Wildman–Crippen MR) is 116 cm³/mol. The molecule has 166 valence electrons. The lowest BCUT2D eigenvalue weighted by Crippen LogP contribution is -2.33. The van der Waals surface area contributed by atoms with Crippen molar-refractivity contribution in [2.75, 3.05) is 33.8 Å². The van der Waals surface area contributed by atoms with Gasteiger partial charge in [-0.25, -0.2) is 19.6 Å². The second-order valence-electron chi connectivity index (χ2n) is 8.38. The Morgan fingerprint density at radius 1 is 1.17 bits per heavy atom. The van der Waals surface area contributed by atoms with E-state index in [4.69, 9.17) is 9.47 Å². The molecular weight excluding hydrogens is 384 g/mol. The first-order valence-electron chi connectivity index (χ1n) is 10.4. The van der Waals surface area contributed by atoms with E-state index in [-0.39, 0.29) is 6.09 Å². The van der Waals surface area contributed by atoms with Crippen LogP contribution in [0.5, 0.6) is 0 Å². The number of hydrogen-bond donors (Lipinski definition) is 1. The fourth-order valence-electron chi connectivity index (χ4n) is 3.13. The predicted octanol–water partition coefficient (Wildman–Crippen LogP) is 3.46. The zero-order chi connectivity index (χ0) is 22.1. The van der Waals surface area contributed by atoms with Gasteiger partial charge < -0.3 is 19.8 Å². The van der Waals surface area contributed by atoms with Gasteiger partial charge in [-0.1, -0.05) is 18.9 Å². The van der Waals surface area contributed by atoms with Gasteiger partial charge in [0.1, 0.15) is 11.3 Å². The van der Waals surface area contributed by atoms with Crippen molar-refractivity contribution in [3.63, 3.8) is 0 Å². The Morgan fingerprint density at radius 3 is 2.60 bits per heavy atom. The Labute approximate surface area is 179 Å². The van der Waals surface area contributed by atoms with Crippen LogP contribution in [0.1, 0.15) is 62.6 Å². The highest BCUT2D eigenvalue weighted by Crippen LogP contribution is 2.22. The topological polar surface area (TPSA) is 84.0 Å². The largest absolute Gasteiger partial charge is 0.464 e. The van der Waals surface area contributed by atoms with Gasteiger partial charge in [0.05, 0.1) is 12.8 Å². The molecule has 1 aromatic rings. The Balaban J connectivity index is 1.71. The molecule has 0 radical (unpaired) electrons. The molecule has 0 fully saturated rings. The van der Waals surface area contributed by atoms with E-state index in [1.54, 1.807) is 6.07 Å². The second kappa shape index (κ2) is 11.0. The molecule has 2 rings (SSSR count). The van der Waals surface area contributed by atoms with Crippen molar-refractivity contribution in [2.45, 2.75) is 52.1 Å². The van der Waals surface area contributed by atoms with Crippen molar-refractivity contribution in [1.82, 2.24) is 20.3 Å². The third kappa shape index (κ3) is 7.67. The number of methoxy groups -OCH3 is 1. The van der Waals surface area contributed by atoms with Gasteiger partial charge in [-0.2, -0.15) is 0 Å². The van der Waals surface area contributed by atoms with Gasteiger partial charge in [-0.15, -0.1) is 0 Å². The number of alkyl carbamates (subject to hydrolysis) is 1. The normalized spacial score (nSPS) is 14.4. The number of nitrogens with zero attached hydrogens (tertiary/aromatic N) is 3. The van der Waals surface area contributed by atoms with Crippen molar-refractivity contribution in [2.24, 2.45) is 0 Å². The molecule has 0 saturated carbocycles. The van der Waals surface area contributed by atoms with E-state index in [0.717, 1.165) is 50.0 Å². The highest BCUT2D eigenvalue weighted by Gasteiger charge is 2.21. The summed E-state index contributed by atoms with van der Waals surface area (Å²) in [5.74, 6) is -0.429. The standard InChI is InChI=1S/C22H34N4O4/c1-22(2,3)30-21(28)23-13-8-6-7-9-14-26-16-17(15-25(26)4)18-11-10-12-19(24-18)20(27)29-5/h10-12,16H,6-9,13-15H2,1-5H3,(H,23,28). The summed E-state index contributed by atoms with van der Waals surface area (Å²) < 4.78 is 9.97. The van der Waals surface area contributed by atoms with Gasteiger partial charge in [0.2, 0.25) is 0 Å². The summed E-state index contributed by atoms with van der Waals surface area (Å²) in [5, 5.41) is 7.12. The van der Waals surface area contributed by atoms with Crippen molar-refractivity contribution in [1.29, 1.82) is 0 Å². The number of esters is 1. The molecular formula is C22H34N4O4. The number of pyridine rings is 1. The molecule has 0 bridgehead atoms. The van der Waals surface area contributed by atoms with Crippen molar-refractivity contribution in [3.8, 4) is 0 Å². The first-order valence-corrected chi connectivity index (χ1v) is 10.4. The summed E-state index contributed by atoms with van der Waals surface area (Å²) in [5.41, 5.74) is 1.72. The highest BCUT2D eigenvalue weighted by molar-refractivity contribution is 5.87. The monoisotopic (exact) mass is 418 g/mol. The molecule has 0 spiro atoms. The quantitative estimate of drug-likeness (QED) is 0.486. The maximum atomic E-state index is 11.7. The Kier molecular flexibility index (Phi) is 8.65. The molecule has 0 unspecified atom stereocenters. The minimum atomic E-state index is -0.464. The molecule has 0 atom stereocenters. The maximum absolute atomic E-state index is 11.7. The van der Waals surface area contributed by atoms with Crippen LogP contribution in [0.25, 0.3) is 5.57 Å². The number of carbonyl (C=O) groups is 2. The lowest BCUT2D eigenvalue weighted by atomic mass is 10.1. The number of likely N-dealkylation sites (N-methyl/N-ethyl adjacent to an activating group) is 1. The number of amides is 1. The van der Waals surface area contributed by atoms with Crippen LogP contribution in [-0.4, -0.2) is 66.5 Å². The molecule has 1 aliphatic heterocycles. The third-order valence-corrected chi connectivity index (χ3v) is 4.60. The van der Waals surface area contributed by atoms with Crippen molar-refractivity contribution < 1.29 is 19.1 Å². The van der Waals surface area contributed by atoms with Crippen molar-refractivity contribution in [3.05, 3.63) is 35.8 Å². The van der Waals surface area contributed by atoms with Crippen LogP contribution in [0.3, 0.4) is 0 Å². The van der Waals surface area contributed by atoms with Crippen LogP contribution in [0.4, 0.5) is 4.79 Å². The summed E-state index contributed by atoms with van der Waals surface area (Å²) in [6.45, 7) is 7.85. The zero-order valence-electron chi connectivity index (χ0n) is 18.7.